The van der Waals surface area contributed by atoms with Crippen molar-refractivity contribution in [2.45, 2.75) is 6.92 Å². The molecular weight excluding hydrogens is 341 g/mol. The van der Waals surface area contributed by atoms with E-state index in [1.54, 1.807) is 5.38 Å². The van der Waals surface area contributed by atoms with Crippen LogP contribution in [0, 0.1) is 12.7 Å². The van der Waals surface area contributed by atoms with Crippen LogP contribution in [0.5, 0.6) is 0 Å². The van der Waals surface area contributed by atoms with Crippen LogP contribution in [0.15, 0.2) is 53.9 Å². The molecule has 0 aliphatic heterocycles. The van der Waals surface area contributed by atoms with Crippen molar-refractivity contribution in [3.63, 3.8) is 0 Å². The maximum absolute atomic E-state index is 13.3. The third-order valence-electron chi connectivity index (χ3n) is 3.65. The maximum atomic E-state index is 13.3. The van der Waals surface area contributed by atoms with Crippen LogP contribution in [0.3, 0.4) is 0 Å². The lowest BCUT2D eigenvalue weighted by Gasteiger charge is -2.06. The minimum atomic E-state index is -1.13. The Morgan fingerprint density at radius 3 is 2.48 bits per heavy atom. The molecule has 1 aromatic heterocycles. The van der Waals surface area contributed by atoms with Crippen molar-refractivity contribution in [1.29, 1.82) is 0 Å². The molecule has 0 atom stereocenters. The van der Waals surface area contributed by atoms with E-state index in [0.717, 1.165) is 17.2 Å². The van der Waals surface area contributed by atoms with Gasteiger partial charge >= 0.3 is 5.97 Å². The topological polar surface area (TPSA) is 66.4 Å². The van der Waals surface area contributed by atoms with Crippen LogP contribution >= 0.6 is 11.3 Å². The van der Waals surface area contributed by atoms with Crippen molar-refractivity contribution < 1.29 is 19.1 Å². The fourth-order valence-corrected chi connectivity index (χ4v) is 3.40. The molecule has 1 heterocycles. The number of hydrogen-bond donors (Lipinski definition) is 2. The Morgan fingerprint density at radius 1 is 1.12 bits per heavy atom. The van der Waals surface area contributed by atoms with E-state index in [-0.39, 0.29) is 16.8 Å². The molecule has 0 spiro atoms. The normalized spacial score (nSPS) is 10.5. The predicted octanol–water partition coefficient (Wildman–Crippen LogP) is 4.81. The van der Waals surface area contributed by atoms with E-state index in [2.05, 4.69) is 5.32 Å². The van der Waals surface area contributed by atoms with E-state index in [9.17, 15) is 19.1 Å². The zero-order valence-corrected chi connectivity index (χ0v) is 14.1. The third kappa shape index (κ3) is 3.59. The second-order valence-electron chi connectivity index (χ2n) is 5.49. The van der Waals surface area contributed by atoms with E-state index in [1.165, 1.54) is 29.5 Å². The zero-order valence-electron chi connectivity index (χ0n) is 13.2. The quantitative estimate of drug-likeness (QED) is 0.705. The summed E-state index contributed by atoms with van der Waals surface area (Å²) in [6, 6.07) is 12.7. The van der Waals surface area contributed by atoms with Gasteiger partial charge in [0, 0.05) is 10.9 Å². The number of amides is 1. The molecule has 126 valence electrons. The van der Waals surface area contributed by atoms with Gasteiger partial charge in [-0.25, -0.2) is 9.18 Å². The van der Waals surface area contributed by atoms with Gasteiger partial charge in [0.15, 0.2) is 0 Å². The maximum Gasteiger partial charge on any atom is 0.339 e. The molecule has 0 unspecified atom stereocenters. The lowest BCUT2D eigenvalue weighted by Crippen LogP contribution is -2.14. The molecule has 4 nitrogen and oxygen atoms in total. The number of carboxylic acid groups (broad SMARTS) is 1. The number of halogens is 1. The molecule has 0 bridgehead atoms. The van der Waals surface area contributed by atoms with Gasteiger partial charge in [-0.15, -0.1) is 11.3 Å². The van der Waals surface area contributed by atoms with Crippen molar-refractivity contribution in [3.8, 4) is 10.4 Å². The number of anilines is 1. The largest absolute Gasteiger partial charge is 0.478 e. The Kier molecular flexibility index (Phi) is 4.63. The second kappa shape index (κ2) is 6.86. The van der Waals surface area contributed by atoms with Crippen LogP contribution in [0.25, 0.3) is 10.4 Å². The highest BCUT2D eigenvalue weighted by molar-refractivity contribution is 7.14. The first kappa shape index (κ1) is 16.9. The molecule has 1 amide bonds. The van der Waals surface area contributed by atoms with Crippen LogP contribution in [0.4, 0.5) is 10.1 Å². The Hall–Kier alpha value is -2.99. The summed E-state index contributed by atoms with van der Waals surface area (Å²) in [5, 5.41) is 13.7. The van der Waals surface area contributed by atoms with Crippen molar-refractivity contribution in [3.05, 3.63) is 76.4 Å². The van der Waals surface area contributed by atoms with E-state index < -0.39 is 17.7 Å². The third-order valence-corrected chi connectivity index (χ3v) is 4.68. The lowest BCUT2D eigenvalue weighted by atomic mass is 10.1. The minimum Gasteiger partial charge on any atom is -0.478 e. The van der Waals surface area contributed by atoms with Gasteiger partial charge in [0.1, 0.15) is 11.4 Å². The SMILES string of the molecule is Cc1ccc(-c2scc(NC(=O)c3cccc(F)c3)c2C(=O)O)cc1. The summed E-state index contributed by atoms with van der Waals surface area (Å²) < 4.78 is 13.3. The van der Waals surface area contributed by atoms with Crippen LogP contribution in [-0.2, 0) is 0 Å². The standard InChI is InChI=1S/C19H14FNO3S/c1-11-5-7-12(8-6-11)17-16(19(23)24)15(10-25-17)21-18(22)13-3-2-4-14(20)9-13/h2-10H,1H3,(H,21,22)(H,23,24). The summed E-state index contributed by atoms with van der Waals surface area (Å²) in [5.41, 5.74) is 2.18. The second-order valence-corrected chi connectivity index (χ2v) is 6.37. The fraction of sp³-hybridized carbons (Fsp3) is 0.0526. The van der Waals surface area contributed by atoms with Gasteiger partial charge in [0.2, 0.25) is 0 Å². The van der Waals surface area contributed by atoms with Crippen LogP contribution < -0.4 is 5.32 Å². The van der Waals surface area contributed by atoms with E-state index in [0.29, 0.717) is 4.88 Å². The van der Waals surface area contributed by atoms with Gasteiger partial charge in [-0.2, -0.15) is 0 Å². The molecule has 3 rings (SSSR count). The molecule has 6 heteroatoms. The van der Waals surface area contributed by atoms with Gasteiger partial charge in [-0.1, -0.05) is 35.9 Å². The number of aryl methyl sites for hydroxylation is 1. The lowest BCUT2D eigenvalue weighted by molar-refractivity contribution is 0.0699. The molecule has 25 heavy (non-hydrogen) atoms. The van der Waals surface area contributed by atoms with E-state index in [4.69, 9.17) is 0 Å². The predicted molar refractivity (Wildman–Crippen MR) is 95.8 cm³/mol. The summed E-state index contributed by atoms with van der Waals surface area (Å²) in [4.78, 5) is 24.5. The molecule has 0 saturated carbocycles. The van der Waals surface area contributed by atoms with Crippen LogP contribution in [0.1, 0.15) is 26.3 Å². The molecule has 2 N–H and O–H groups in total. The van der Waals surface area contributed by atoms with Gasteiger partial charge in [-0.3, -0.25) is 4.79 Å². The Balaban J connectivity index is 1.96. The highest BCUT2D eigenvalue weighted by Gasteiger charge is 2.21. The highest BCUT2D eigenvalue weighted by Crippen LogP contribution is 2.36. The average Bonchev–Trinajstić information content (AvgIpc) is 2.99. The summed E-state index contributed by atoms with van der Waals surface area (Å²) in [6.45, 7) is 1.95. The van der Waals surface area contributed by atoms with Crippen LogP contribution in [0.2, 0.25) is 0 Å². The fourth-order valence-electron chi connectivity index (χ4n) is 2.40. The first-order valence-electron chi connectivity index (χ1n) is 7.44. The van der Waals surface area contributed by atoms with Gasteiger partial charge < -0.3 is 10.4 Å². The van der Waals surface area contributed by atoms with Gasteiger partial charge in [0.05, 0.1) is 10.6 Å². The summed E-state index contributed by atoms with van der Waals surface area (Å²) in [5.74, 6) is -2.22. The monoisotopic (exact) mass is 355 g/mol. The minimum absolute atomic E-state index is 0.0265. The van der Waals surface area contributed by atoms with E-state index in [1.807, 2.05) is 31.2 Å². The molecular formula is C19H14FNO3S. The van der Waals surface area contributed by atoms with Crippen molar-refractivity contribution in [2.75, 3.05) is 5.32 Å². The molecule has 0 fully saturated rings. The Bertz CT molecular complexity index is 948. The number of carbonyl (C=O) groups is 2. The van der Waals surface area contributed by atoms with Gasteiger partial charge in [0.25, 0.3) is 5.91 Å². The number of aromatic carboxylic acids is 1. The number of thiophene rings is 1. The van der Waals surface area contributed by atoms with Crippen molar-refractivity contribution in [2.24, 2.45) is 0 Å². The highest BCUT2D eigenvalue weighted by atomic mass is 32.1. The summed E-state index contributed by atoms with van der Waals surface area (Å²) in [6.07, 6.45) is 0. The smallest absolute Gasteiger partial charge is 0.339 e. The number of nitrogens with one attached hydrogen (secondary N) is 1. The molecule has 0 radical (unpaired) electrons. The zero-order chi connectivity index (χ0) is 18.0. The number of hydrogen-bond acceptors (Lipinski definition) is 3. The number of benzene rings is 2. The Morgan fingerprint density at radius 2 is 1.84 bits per heavy atom. The Labute approximate surface area is 147 Å². The number of carboxylic acids is 1. The van der Waals surface area contributed by atoms with Crippen LogP contribution in [-0.4, -0.2) is 17.0 Å². The number of rotatable bonds is 4. The molecule has 0 saturated heterocycles. The van der Waals surface area contributed by atoms with Crippen molar-refractivity contribution >= 4 is 28.9 Å². The first-order valence-corrected chi connectivity index (χ1v) is 8.32. The summed E-state index contributed by atoms with van der Waals surface area (Å²) in [7, 11) is 0. The molecule has 0 aliphatic rings. The average molecular weight is 355 g/mol. The first-order chi connectivity index (χ1) is 12.0. The number of carbonyl (C=O) groups excluding carboxylic acids is 1. The molecule has 2 aromatic carbocycles. The summed E-state index contributed by atoms with van der Waals surface area (Å²) >= 11 is 1.23. The van der Waals surface area contributed by atoms with Gasteiger partial charge in [-0.05, 0) is 30.7 Å². The molecule has 3 aromatic rings. The van der Waals surface area contributed by atoms with Crippen molar-refractivity contribution in [1.82, 2.24) is 0 Å². The molecule has 0 aliphatic carbocycles. The van der Waals surface area contributed by atoms with E-state index >= 15 is 0 Å².